The number of hydrogen-bond acceptors (Lipinski definition) is 8. The number of hydrogen-bond donors (Lipinski definition) is 0. The van der Waals surface area contributed by atoms with E-state index >= 15 is 0 Å². The average Bonchev–Trinajstić information content (AvgIpc) is 3.22. The molecule has 0 N–H and O–H groups in total. The molecule has 184 valence electrons. The molecule has 0 aromatic heterocycles. The molecule has 1 atom stereocenters. The second kappa shape index (κ2) is 9.30. The number of ether oxygens (including phenoxy) is 6. The van der Waals surface area contributed by atoms with Crippen LogP contribution in [0.25, 0.3) is 6.08 Å². The number of rotatable bonds is 6. The van der Waals surface area contributed by atoms with Gasteiger partial charge in [0.25, 0.3) is 0 Å². The van der Waals surface area contributed by atoms with Crippen molar-refractivity contribution in [2.45, 2.75) is 12.3 Å². The minimum Gasteiger partial charge on any atom is -0.497 e. The third-order valence-electron chi connectivity index (χ3n) is 6.32. The molecule has 0 saturated heterocycles. The van der Waals surface area contributed by atoms with Gasteiger partial charge in [0.15, 0.2) is 17.3 Å². The zero-order valence-corrected chi connectivity index (χ0v) is 20.2. The highest BCUT2D eigenvalue weighted by atomic mass is 16.5. The Kier molecular flexibility index (Phi) is 6.01. The number of carbonyl (C=O) groups excluding carboxylic acids is 2. The van der Waals surface area contributed by atoms with Crippen LogP contribution in [-0.4, -0.2) is 40.2 Å². The Bertz CT molecular complexity index is 1390. The van der Waals surface area contributed by atoms with Crippen molar-refractivity contribution in [2.75, 3.05) is 28.4 Å². The van der Waals surface area contributed by atoms with E-state index in [-0.39, 0.29) is 29.9 Å². The van der Waals surface area contributed by atoms with Gasteiger partial charge in [-0.2, -0.15) is 0 Å². The van der Waals surface area contributed by atoms with Gasteiger partial charge in [-0.1, -0.05) is 12.1 Å². The molecular formula is C28H24O8. The summed E-state index contributed by atoms with van der Waals surface area (Å²) in [5, 5.41) is 0. The van der Waals surface area contributed by atoms with Crippen LogP contribution in [0.3, 0.4) is 0 Å². The summed E-state index contributed by atoms with van der Waals surface area (Å²) in [6.07, 6.45) is 1.72. The van der Waals surface area contributed by atoms with Crippen molar-refractivity contribution in [3.8, 4) is 34.5 Å². The standard InChI is InChI=1S/C28H24O8/c1-31-17-8-5-15(6-9-17)19-14-23(29)35-20-12-10-18-25(30)22(36-27(18)24(19)20)13-16-7-11-21(32-2)28(34-4)26(16)33-3/h5-13,19H,14H2,1-4H3. The van der Waals surface area contributed by atoms with E-state index in [9.17, 15) is 9.59 Å². The molecule has 0 amide bonds. The zero-order valence-electron chi connectivity index (χ0n) is 20.2. The van der Waals surface area contributed by atoms with Crippen LogP contribution < -0.4 is 28.4 Å². The molecule has 0 radical (unpaired) electrons. The Morgan fingerprint density at radius 3 is 2.22 bits per heavy atom. The lowest BCUT2D eigenvalue weighted by Crippen LogP contribution is -2.21. The van der Waals surface area contributed by atoms with Gasteiger partial charge in [0.2, 0.25) is 11.5 Å². The monoisotopic (exact) mass is 488 g/mol. The van der Waals surface area contributed by atoms with E-state index in [0.717, 1.165) is 5.56 Å². The number of methoxy groups -OCH3 is 4. The smallest absolute Gasteiger partial charge is 0.312 e. The topological polar surface area (TPSA) is 89.5 Å². The van der Waals surface area contributed by atoms with Crippen LogP contribution in [0.4, 0.5) is 0 Å². The quantitative estimate of drug-likeness (QED) is 0.278. The van der Waals surface area contributed by atoms with Crippen molar-refractivity contribution < 1.29 is 38.0 Å². The summed E-state index contributed by atoms with van der Waals surface area (Å²) in [7, 11) is 6.15. The second-order valence-electron chi connectivity index (χ2n) is 8.22. The van der Waals surface area contributed by atoms with Gasteiger partial charge >= 0.3 is 5.97 Å². The third-order valence-corrected chi connectivity index (χ3v) is 6.32. The molecular weight excluding hydrogens is 464 g/mol. The molecule has 1 unspecified atom stereocenters. The van der Waals surface area contributed by atoms with Gasteiger partial charge in [-0.15, -0.1) is 0 Å². The average molecular weight is 488 g/mol. The Morgan fingerprint density at radius 1 is 0.806 bits per heavy atom. The van der Waals surface area contributed by atoms with Gasteiger partial charge in [-0.3, -0.25) is 9.59 Å². The Balaban J connectivity index is 1.59. The largest absolute Gasteiger partial charge is 0.497 e. The molecule has 3 aromatic rings. The SMILES string of the molecule is COc1ccc(C2CC(=O)Oc3ccc4c(c32)OC(=Cc2ccc(OC)c(OC)c2OC)C4=O)cc1. The van der Waals surface area contributed by atoms with E-state index in [4.69, 9.17) is 28.4 Å². The van der Waals surface area contributed by atoms with E-state index in [1.807, 2.05) is 24.3 Å². The van der Waals surface area contributed by atoms with Crippen molar-refractivity contribution >= 4 is 17.8 Å². The molecule has 0 bridgehead atoms. The number of esters is 1. The first-order valence-corrected chi connectivity index (χ1v) is 11.2. The van der Waals surface area contributed by atoms with Gasteiger partial charge < -0.3 is 28.4 Å². The first kappa shape index (κ1) is 23.3. The highest BCUT2D eigenvalue weighted by Crippen LogP contribution is 2.49. The van der Waals surface area contributed by atoms with Crippen molar-refractivity contribution in [1.82, 2.24) is 0 Å². The van der Waals surface area contributed by atoms with E-state index in [2.05, 4.69) is 0 Å². The fraction of sp³-hybridized carbons (Fsp3) is 0.214. The molecule has 0 aliphatic carbocycles. The summed E-state index contributed by atoms with van der Waals surface area (Å²) in [4.78, 5) is 25.7. The highest BCUT2D eigenvalue weighted by molar-refractivity contribution is 6.15. The molecule has 8 heteroatoms. The number of allylic oxidation sites excluding steroid dienone is 1. The van der Waals surface area contributed by atoms with Crippen LogP contribution in [0, 0.1) is 0 Å². The fourth-order valence-electron chi connectivity index (χ4n) is 4.61. The van der Waals surface area contributed by atoms with Gasteiger partial charge in [0.05, 0.1) is 40.4 Å². The molecule has 0 fully saturated rings. The Labute approximate surface area is 207 Å². The maximum atomic E-state index is 13.3. The lowest BCUT2D eigenvalue weighted by atomic mass is 9.84. The van der Waals surface area contributed by atoms with Crippen molar-refractivity contribution in [2.24, 2.45) is 0 Å². The highest BCUT2D eigenvalue weighted by Gasteiger charge is 2.38. The van der Waals surface area contributed by atoms with Crippen molar-refractivity contribution in [1.29, 1.82) is 0 Å². The summed E-state index contributed by atoms with van der Waals surface area (Å²) in [5.41, 5.74) is 2.53. The molecule has 2 heterocycles. The van der Waals surface area contributed by atoms with Crippen LogP contribution in [0.5, 0.6) is 34.5 Å². The first-order chi connectivity index (χ1) is 17.5. The molecule has 2 aliphatic rings. The molecule has 0 saturated carbocycles. The van der Waals surface area contributed by atoms with Crippen LogP contribution in [0.2, 0.25) is 0 Å². The second-order valence-corrected chi connectivity index (χ2v) is 8.22. The van der Waals surface area contributed by atoms with E-state index in [1.165, 1.54) is 21.3 Å². The lowest BCUT2D eigenvalue weighted by molar-refractivity contribution is -0.135. The van der Waals surface area contributed by atoms with Crippen LogP contribution in [0.15, 0.2) is 54.3 Å². The number of benzene rings is 3. The number of Topliss-reactive ketones (excluding diaryl/α,β-unsaturated/α-hetero) is 1. The van der Waals surface area contributed by atoms with Crippen LogP contribution in [-0.2, 0) is 4.79 Å². The summed E-state index contributed by atoms with van der Waals surface area (Å²) >= 11 is 0. The van der Waals surface area contributed by atoms with Crippen LogP contribution in [0.1, 0.15) is 39.4 Å². The third kappa shape index (κ3) is 3.80. The van der Waals surface area contributed by atoms with Gasteiger partial charge in [-0.25, -0.2) is 0 Å². The summed E-state index contributed by atoms with van der Waals surface area (Å²) in [6.45, 7) is 0. The van der Waals surface area contributed by atoms with Crippen molar-refractivity contribution in [3.05, 3.63) is 76.5 Å². The van der Waals surface area contributed by atoms with E-state index in [0.29, 0.717) is 51.2 Å². The fourth-order valence-corrected chi connectivity index (χ4v) is 4.61. The Morgan fingerprint density at radius 2 is 1.56 bits per heavy atom. The van der Waals surface area contributed by atoms with Crippen LogP contribution >= 0.6 is 0 Å². The minimum atomic E-state index is -0.349. The maximum Gasteiger partial charge on any atom is 0.312 e. The molecule has 0 spiro atoms. The molecule has 36 heavy (non-hydrogen) atoms. The van der Waals surface area contributed by atoms with Gasteiger partial charge in [0, 0.05) is 17.0 Å². The Hall–Kier alpha value is -4.46. The summed E-state index contributed by atoms with van der Waals surface area (Å²) in [6, 6.07) is 14.2. The summed E-state index contributed by atoms with van der Waals surface area (Å²) in [5.74, 6) is 1.92. The number of ketones is 1. The molecule has 3 aromatic carbocycles. The predicted molar refractivity (Wildman–Crippen MR) is 131 cm³/mol. The van der Waals surface area contributed by atoms with E-state index < -0.39 is 0 Å². The summed E-state index contributed by atoms with van der Waals surface area (Å²) < 4.78 is 33.3. The molecule has 8 nitrogen and oxygen atoms in total. The predicted octanol–water partition coefficient (Wildman–Crippen LogP) is 4.78. The molecule has 5 rings (SSSR count). The number of carbonyl (C=O) groups is 2. The number of fused-ring (bicyclic) bond motifs is 3. The van der Waals surface area contributed by atoms with Gasteiger partial charge in [-0.05, 0) is 48.0 Å². The first-order valence-electron chi connectivity index (χ1n) is 11.2. The van der Waals surface area contributed by atoms with Crippen molar-refractivity contribution in [3.63, 3.8) is 0 Å². The normalized spacial score (nSPS) is 17.1. The van der Waals surface area contributed by atoms with Gasteiger partial charge in [0.1, 0.15) is 17.2 Å². The molecule has 2 aliphatic heterocycles. The maximum absolute atomic E-state index is 13.3. The zero-order chi connectivity index (χ0) is 25.4. The van der Waals surface area contributed by atoms with E-state index in [1.54, 1.807) is 37.5 Å². The minimum absolute atomic E-state index is 0.120. The lowest BCUT2D eigenvalue weighted by Gasteiger charge is -2.26.